The van der Waals surface area contributed by atoms with Gasteiger partial charge in [-0.15, -0.1) is 0 Å². The van der Waals surface area contributed by atoms with Crippen LogP contribution >= 0.6 is 15.9 Å². The Morgan fingerprint density at radius 3 is 2.33 bits per heavy atom. The van der Waals surface area contributed by atoms with E-state index < -0.39 is 8.32 Å². The minimum absolute atomic E-state index is 0.293. The first kappa shape index (κ1) is 15.9. The predicted octanol–water partition coefficient (Wildman–Crippen LogP) is 5.32. The molecule has 0 amide bonds. The Labute approximate surface area is 121 Å². The van der Waals surface area contributed by atoms with Crippen LogP contribution in [-0.2, 0) is 10.8 Å². The molecule has 0 aliphatic heterocycles. The molecule has 0 saturated heterocycles. The van der Waals surface area contributed by atoms with Crippen LogP contribution in [0, 0.1) is 6.92 Å². The third kappa shape index (κ3) is 4.21. The van der Waals surface area contributed by atoms with Crippen molar-refractivity contribution >= 4 is 24.2 Å². The number of hydrogen-bond donors (Lipinski definition) is 0. The van der Waals surface area contributed by atoms with Crippen LogP contribution in [0.4, 0.5) is 0 Å². The Bertz CT molecular complexity index is 407. The van der Waals surface area contributed by atoms with Crippen molar-refractivity contribution in [2.45, 2.75) is 52.2 Å². The van der Waals surface area contributed by atoms with Crippen LogP contribution in [0.15, 0.2) is 22.7 Å². The lowest BCUT2D eigenvalue weighted by Gasteiger charge is -2.36. The van der Waals surface area contributed by atoms with Crippen LogP contribution < -0.4 is 0 Å². The largest absolute Gasteiger partial charge is 0.416 e. The Kier molecular flexibility index (Phi) is 5.21. The van der Waals surface area contributed by atoms with Crippen molar-refractivity contribution in [2.75, 3.05) is 6.61 Å². The molecule has 0 saturated carbocycles. The molecule has 0 unspecified atom stereocenters. The van der Waals surface area contributed by atoms with Gasteiger partial charge in [-0.1, -0.05) is 42.8 Å². The molecule has 102 valence electrons. The topological polar surface area (TPSA) is 9.23 Å². The van der Waals surface area contributed by atoms with Crippen LogP contribution in [0.25, 0.3) is 0 Å². The van der Waals surface area contributed by atoms with Gasteiger partial charge in [-0.3, -0.25) is 0 Å². The molecule has 0 bridgehead atoms. The monoisotopic (exact) mass is 328 g/mol. The van der Waals surface area contributed by atoms with E-state index in [0.29, 0.717) is 5.04 Å². The molecule has 0 fully saturated rings. The zero-order valence-electron chi connectivity index (χ0n) is 12.4. The molecule has 0 N–H and O–H groups in total. The standard InChI is InChI=1S/C15H25BrOSi/c1-12-11-14(16)8-7-13(12)9-10-17-18(5,6)15(2,3)4/h7-8,11H,9-10H2,1-6H3. The van der Waals surface area contributed by atoms with E-state index in [4.69, 9.17) is 4.43 Å². The van der Waals surface area contributed by atoms with Crippen molar-refractivity contribution < 1.29 is 4.43 Å². The molecular weight excluding hydrogens is 304 g/mol. The second-order valence-electron chi connectivity index (χ2n) is 6.43. The fourth-order valence-corrected chi connectivity index (χ4v) is 3.09. The van der Waals surface area contributed by atoms with E-state index in [1.807, 2.05) is 0 Å². The highest BCUT2D eigenvalue weighted by molar-refractivity contribution is 9.10. The maximum Gasteiger partial charge on any atom is 0.191 e. The Morgan fingerprint density at radius 1 is 1.22 bits per heavy atom. The molecule has 1 nitrogen and oxygen atoms in total. The van der Waals surface area contributed by atoms with E-state index in [2.05, 4.69) is 74.9 Å². The molecule has 1 rings (SSSR count). The minimum atomic E-state index is -1.60. The molecule has 0 radical (unpaired) electrons. The summed E-state index contributed by atoms with van der Waals surface area (Å²) in [5, 5.41) is 0.293. The quantitative estimate of drug-likeness (QED) is 0.679. The Hall–Kier alpha value is -0.123. The van der Waals surface area contributed by atoms with Gasteiger partial charge in [0.2, 0.25) is 0 Å². The summed E-state index contributed by atoms with van der Waals surface area (Å²) in [5.74, 6) is 0. The molecular formula is C15H25BrOSi. The molecule has 0 aliphatic rings. The van der Waals surface area contributed by atoms with Crippen molar-refractivity contribution in [3.8, 4) is 0 Å². The van der Waals surface area contributed by atoms with Crippen molar-refractivity contribution in [3.05, 3.63) is 33.8 Å². The molecule has 0 heterocycles. The van der Waals surface area contributed by atoms with Gasteiger partial charge in [0.25, 0.3) is 0 Å². The molecule has 0 aliphatic carbocycles. The summed E-state index contributed by atoms with van der Waals surface area (Å²) in [6, 6.07) is 6.46. The van der Waals surface area contributed by atoms with Gasteiger partial charge in [0.05, 0.1) is 0 Å². The van der Waals surface area contributed by atoms with Crippen LogP contribution in [0.3, 0.4) is 0 Å². The van der Waals surface area contributed by atoms with Crippen LogP contribution in [0.2, 0.25) is 18.1 Å². The molecule has 0 spiro atoms. The van der Waals surface area contributed by atoms with Gasteiger partial charge in [-0.25, -0.2) is 0 Å². The SMILES string of the molecule is Cc1cc(Br)ccc1CCO[Si](C)(C)C(C)(C)C. The van der Waals surface area contributed by atoms with E-state index in [1.54, 1.807) is 0 Å². The van der Waals surface area contributed by atoms with Gasteiger partial charge in [0.1, 0.15) is 0 Å². The number of aryl methyl sites for hydroxylation is 1. The second-order valence-corrected chi connectivity index (χ2v) is 12.2. The Balaban J connectivity index is 2.57. The van der Waals surface area contributed by atoms with E-state index in [1.165, 1.54) is 11.1 Å². The van der Waals surface area contributed by atoms with E-state index >= 15 is 0 Å². The fourth-order valence-electron chi connectivity index (χ4n) is 1.57. The van der Waals surface area contributed by atoms with Crippen molar-refractivity contribution in [1.82, 2.24) is 0 Å². The first-order valence-electron chi connectivity index (χ1n) is 6.52. The lowest BCUT2D eigenvalue weighted by molar-refractivity contribution is 0.292. The highest BCUT2D eigenvalue weighted by Crippen LogP contribution is 2.36. The molecule has 0 atom stereocenters. The van der Waals surface area contributed by atoms with Gasteiger partial charge in [0, 0.05) is 11.1 Å². The number of benzene rings is 1. The zero-order chi connectivity index (χ0) is 14.0. The zero-order valence-corrected chi connectivity index (χ0v) is 15.0. The second kappa shape index (κ2) is 5.89. The van der Waals surface area contributed by atoms with Gasteiger partial charge in [0.15, 0.2) is 8.32 Å². The molecule has 0 aromatic heterocycles. The molecule has 3 heteroatoms. The molecule has 18 heavy (non-hydrogen) atoms. The highest BCUT2D eigenvalue weighted by Gasteiger charge is 2.36. The molecule has 1 aromatic rings. The van der Waals surface area contributed by atoms with Crippen LogP contribution in [0.5, 0.6) is 0 Å². The average molecular weight is 329 g/mol. The van der Waals surface area contributed by atoms with Crippen molar-refractivity contribution in [2.24, 2.45) is 0 Å². The number of rotatable bonds is 4. The fraction of sp³-hybridized carbons (Fsp3) is 0.600. The Morgan fingerprint density at radius 2 is 1.83 bits per heavy atom. The van der Waals surface area contributed by atoms with Gasteiger partial charge in [-0.05, 0) is 54.7 Å². The first-order valence-corrected chi connectivity index (χ1v) is 10.2. The minimum Gasteiger partial charge on any atom is -0.416 e. The third-order valence-corrected chi connectivity index (χ3v) is 8.98. The van der Waals surface area contributed by atoms with Crippen LogP contribution in [0.1, 0.15) is 31.9 Å². The van der Waals surface area contributed by atoms with Crippen LogP contribution in [-0.4, -0.2) is 14.9 Å². The highest BCUT2D eigenvalue weighted by atomic mass is 79.9. The lowest BCUT2D eigenvalue weighted by atomic mass is 10.1. The summed E-state index contributed by atoms with van der Waals surface area (Å²) >= 11 is 3.50. The summed E-state index contributed by atoms with van der Waals surface area (Å²) in [6.07, 6.45) is 1.01. The van der Waals surface area contributed by atoms with Gasteiger partial charge < -0.3 is 4.43 Å². The first-order chi connectivity index (χ1) is 8.13. The van der Waals surface area contributed by atoms with Gasteiger partial charge >= 0.3 is 0 Å². The van der Waals surface area contributed by atoms with Gasteiger partial charge in [-0.2, -0.15) is 0 Å². The van der Waals surface area contributed by atoms with E-state index in [9.17, 15) is 0 Å². The maximum atomic E-state index is 6.21. The number of hydrogen-bond acceptors (Lipinski definition) is 1. The van der Waals surface area contributed by atoms with E-state index in [-0.39, 0.29) is 0 Å². The predicted molar refractivity (Wildman–Crippen MR) is 85.7 cm³/mol. The van der Waals surface area contributed by atoms with Crippen molar-refractivity contribution in [1.29, 1.82) is 0 Å². The maximum absolute atomic E-state index is 6.21. The molecule has 1 aromatic carbocycles. The normalized spacial score (nSPS) is 12.8. The van der Waals surface area contributed by atoms with Crippen molar-refractivity contribution in [3.63, 3.8) is 0 Å². The third-order valence-electron chi connectivity index (χ3n) is 3.95. The summed E-state index contributed by atoms with van der Waals surface area (Å²) in [4.78, 5) is 0. The smallest absolute Gasteiger partial charge is 0.191 e. The average Bonchev–Trinajstić information content (AvgIpc) is 2.19. The summed E-state index contributed by atoms with van der Waals surface area (Å²) in [7, 11) is -1.60. The lowest BCUT2D eigenvalue weighted by Crippen LogP contribution is -2.41. The number of halogens is 1. The summed E-state index contributed by atoms with van der Waals surface area (Å²) in [5.41, 5.74) is 2.72. The van der Waals surface area contributed by atoms with E-state index in [0.717, 1.165) is 17.5 Å². The summed E-state index contributed by atoms with van der Waals surface area (Å²) in [6.45, 7) is 14.5. The summed E-state index contributed by atoms with van der Waals surface area (Å²) < 4.78 is 7.36.